The topological polar surface area (TPSA) is 35.2 Å². The van der Waals surface area contributed by atoms with Gasteiger partial charge in [0.25, 0.3) is 0 Å². The Hall–Kier alpha value is -0.770. The van der Waals surface area contributed by atoms with Crippen molar-refractivity contribution in [2.75, 3.05) is 6.61 Å². The minimum absolute atomic E-state index is 0.110. The van der Waals surface area contributed by atoms with Crippen molar-refractivity contribution in [3.05, 3.63) is 40.1 Å². The van der Waals surface area contributed by atoms with Crippen LogP contribution in [0, 0.1) is 5.82 Å². The second kappa shape index (κ2) is 5.95. The number of hydrogen-bond acceptors (Lipinski definition) is 2. The van der Waals surface area contributed by atoms with Crippen LogP contribution in [0.2, 0.25) is 0 Å². The summed E-state index contributed by atoms with van der Waals surface area (Å²) in [5, 5.41) is 0.343. The van der Waals surface area contributed by atoms with Gasteiger partial charge < -0.3 is 10.5 Å². The fourth-order valence-electron chi connectivity index (χ4n) is 1.01. The van der Waals surface area contributed by atoms with E-state index in [2.05, 4.69) is 0 Å². The first-order chi connectivity index (χ1) is 7.15. The molecule has 0 radical (unpaired) electrons. The highest BCUT2D eigenvalue weighted by Gasteiger charge is 2.01. The molecule has 0 aliphatic rings. The molecule has 1 aromatic carbocycles. The number of rotatable bonds is 4. The maximum absolute atomic E-state index is 13.0. The monoisotopic (exact) mass is 249 g/mol. The molecule has 1 aromatic rings. The third-order valence-electron chi connectivity index (χ3n) is 1.66. The lowest BCUT2D eigenvalue weighted by atomic mass is 10.2. The van der Waals surface area contributed by atoms with E-state index in [-0.39, 0.29) is 19.0 Å². The summed E-state index contributed by atoms with van der Waals surface area (Å²) in [6, 6.07) is 4.27. The van der Waals surface area contributed by atoms with Gasteiger partial charge in [0.15, 0.2) is 0 Å². The van der Waals surface area contributed by atoms with Crippen molar-refractivity contribution in [3.8, 4) is 5.75 Å². The van der Waals surface area contributed by atoms with Gasteiger partial charge in [-0.3, -0.25) is 0 Å². The smallest absolute Gasteiger partial charge is 0.127 e. The summed E-state index contributed by atoms with van der Waals surface area (Å²) in [6.45, 7) is 0.367. The molecule has 0 spiro atoms. The number of benzene rings is 1. The first-order valence-electron chi connectivity index (χ1n) is 4.23. The molecule has 82 valence electrons. The zero-order chi connectivity index (χ0) is 11.3. The molecular formula is C10H10Cl2FNO. The zero-order valence-electron chi connectivity index (χ0n) is 7.84. The fourth-order valence-corrected chi connectivity index (χ4v) is 1.12. The van der Waals surface area contributed by atoms with E-state index >= 15 is 0 Å². The number of hydrogen-bond donors (Lipinski definition) is 1. The van der Waals surface area contributed by atoms with E-state index in [1.54, 1.807) is 6.07 Å². The van der Waals surface area contributed by atoms with Crippen LogP contribution in [0.5, 0.6) is 5.75 Å². The molecule has 1 rings (SSSR count). The molecule has 5 heteroatoms. The lowest BCUT2D eigenvalue weighted by molar-refractivity contribution is 0.356. The molecule has 0 bridgehead atoms. The van der Waals surface area contributed by atoms with Crippen molar-refractivity contribution in [2.24, 2.45) is 5.73 Å². The first kappa shape index (κ1) is 12.3. The Bertz CT molecular complexity index is 368. The second-order valence-electron chi connectivity index (χ2n) is 2.84. The van der Waals surface area contributed by atoms with Crippen LogP contribution in [0.15, 0.2) is 28.8 Å². The summed E-state index contributed by atoms with van der Waals surface area (Å²) < 4.78 is 18.2. The summed E-state index contributed by atoms with van der Waals surface area (Å²) in [4.78, 5) is 0. The maximum Gasteiger partial charge on any atom is 0.127 e. The lowest BCUT2D eigenvalue weighted by Crippen LogP contribution is -2.01. The Labute approximate surface area is 97.4 Å². The van der Waals surface area contributed by atoms with Gasteiger partial charge in [-0.2, -0.15) is 0 Å². The van der Waals surface area contributed by atoms with Gasteiger partial charge in [0.2, 0.25) is 0 Å². The van der Waals surface area contributed by atoms with Crippen LogP contribution in [0.25, 0.3) is 0 Å². The minimum atomic E-state index is -0.390. The molecule has 0 aliphatic carbocycles. The highest BCUT2D eigenvalue weighted by atomic mass is 35.5. The highest BCUT2D eigenvalue weighted by Crippen LogP contribution is 2.17. The number of halogens is 3. The summed E-state index contributed by atoms with van der Waals surface area (Å²) in [7, 11) is 0. The van der Waals surface area contributed by atoms with Crippen molar-refractivity contribution in [3.63, 3.8) is 0 Å². The van der Waals surface area contributed by atoms with Crippen molar-refractivity contribution >= 4 is 23.2 Å². The van der Waals surface area contributed by atoms with E-state index < -0.39 is 0 Å². The van der Waals surface area contributed by atoms with Gasteiger partial charge in [0.05, 0.1) is 5.03 Å². The summed E-state index contributed by atoms with van der Waals surface area (Å²) in [6.07, 6.45) is 0. The third-order valence-corrected chi connectivity index (χ3v) is 2.26. The molecule has 0 saturated carbocycles. The Morgan fingerprint density at radius 1 is 1.47 bits per heavy atom. The van der Waals surface area contributed by atoms with Crippen LogP contribution in [0.1, 0.15) is 5.56 Å². The van der Waals surface area contributed by atoms with Crippen molar-refractivity contribution in [1.29, 1.82) is 0 Å². The van der Waals surface area contributed by atoms with Crippen molar-refractivity contribution in [1.82, 2.24) is 0 Å². The van der Waals surface area contributed by atoms with E-state index in [9.17, 15) is 4.39 Å². The first-order valence-corrected chi connectivity index (χ1v) is 5.04. The van der Waals surface area contributed by atoms with E-state index in [0.717, 1.165) is 0 Å². The Kier molecular flexibility index (Phi) is 4.88. The number of nitrogens with two attached hydrogens (primary N) is 1. The lowest BCUT2D eigenvalue weighted by Gasteiger charge is -2.06. The largest absolute Gasteiger partial charge is 0.488 e. The molecule has 2 N–H and O–H groups in total. The fraction of sp³-hybridized carbons (Fsp3) is 0.200. The maximum atomic E-state index is 13.0. The van der Waals surface area contributed by atoms with Gasteiger partial charge in [-0.1, -0.05) is 23.2 Å². The van der Waals surface area contributed by atoms with E-state index in [1.807, 2.05) is 0 Å². The van der Waals surface area contributed by atoms with Gasteiger partial charge in [-0.05, 0) is 17.7 Å². The average Bonchev–Trinajstić information content (AvgIpc) is 2.25. The van der Waals surface area contributed by atoms with Crippen LogP contribution >= 0.6 is 23.2 Å². The SMILES string of the molecule is NCc1cc(F)cc(OC/C(Cl)=C/Cl)c1. The van der Waals surface area contributed by atoms with Gasteiger partial charge in [-0.25, -0.2) is 4.39 Å². The van der Waals surface area contributed by atoms with Crippen molar-refractivity contribution in [2.45, 2.75) is 6.54 Å². The summed E-state index contributed by atoms with van der Waals surface area (Å²) >= 11 is 11.0. The second-order valence-corrected chi connectivity index (χ2v) is 3.55. The molecule has 0 heterocycles. The molecular weight excluding hydrogens is 240 g/mol. The zero-order valence-corrected chi connectivity index (χ0v) is 9.35. The molecule has 0 aromatic heterocycles. The predicted molar refractivity (Wildman–Crippen MR) is 59.6 cm³/mol. The summed E-state index contributed by atoms with van der Waals surface area (Å²) in [5.41, 5.74) is 7.25. The molecule has 0 saturated heterocycles. The molecule has 0 aliphatic heterocycles. The standard InChI is InChI=1S/C10H10Cl2FNO/c11-4-8(12)6-15-10-2-7(5-14)1-9(13)3-10/h1-4H,5-6,14H2/b8-4-. The average molecular weight is 250 g/mol. The molecule has 0 fully saturated rings. The molecule has 0 amide bonds. The molecule has 0 unspecified atom stereocenters. The minimum Gasteiger partial charge on any atom is -0.488 e. The van der Waals surface area contributed by atoms with Crippen LogP contribution in [-0.4, -0.2) is 6.61 Å². The highest BCUT2D eigenvalue weighted by molar-refractivity contribution is 6.36. The van der Waals surface area contributed by atoms with E-state index in [0.29, 0.717) is 16.3 Å². The quantitative estimate of drug-likeness (QED) is 0.891. The van der Waals surface area contributed by atoms with Gasteiger partial charge >= 0.3 is 0 Å². The van der Waals surface area contributed by atoms with Crippen molar-refractivity contribution < 1.29 is 9.13 Å². The Balaban J connectivity index is 2.72. The van der Waals surface area contributed by atoms with Crippen LogP contribution in [-0.2, 0) is 6.54 Å². The summed E-state index contributed by atoms with van der Waals surface area (Å²) in [5.74, 6) is -0.00829. The molecule has 0 atom stereocenters. The third kappa shape index (κ3) is 4.08. The van der Waals surface area contributed by atoms with Gasteiger partial charge in [-0.15, -0.1) is 0 Å². The Morgan fingerprint density at radius 2 is 2.20 bits per heavy atom. The van der Waals surface area contributed by atoms with Crippen LogP contribution in [0.4, 0.5) is 4.39 Å². The van der Waals surface area contributed by atoms with Gasteiger partial charge in [0, 0.05) is 18.1 Å². The number of ether oxygens (including phenoxy) is 1. The van der Waals surface area contributed by atoms with Crippen LogP contribution in [0.3, 0.4) is 0 Å². The van der Waals surface area contributed by atoms with E-state index in [4.69, 9.17) is 33.7 Å². The molecule has 15 heavy (non-hydrogen) atoms. The normalized spacial score (nSPS) is 11.6. The van der Waals surface area contributed by atoms with E-state index in [1.165, 1.54) is 17.7 Å². The van der Waals surface area contributed by atoms with Gasteiger partial charge in [0.1, 0.15) is 18.2 Å². The molecule has 2 nitrogen and oxygen atoms in total. The predicted octanol–water partition coefficient (Wildman–Crippen LogP) is 2.98. The van der Waals surface area contributed by atoms with Crippen LogP contribution < -0.4 is 10.5 Å². The Morgan fingerprint density at radius 3 is 2.80 bits per heavy atom.